The summed E-state index contributed by atoms with van der Waals surface area (Å²) in [4.78, 5) is 21.7. The van der Waals surface area contributed by atoms with E-state index in [4.69, 9.17) is 11.6 Å². The molecule has 0 spiro atoms. The zero-order chi connectivity index (χ0) is 10.7. The molecular weight excluding hydrogens is 271 g/mol. The van der Waals surface area contributed by atoms with E-state index in [0.29, 0.717) is 21.9 Å². The molecule has 0 amide bonds. The summed E-state index contributed by atoms with van der Waals surface area (Å²) in [6.07, 6.45) is 0.619. The van der Waals surface area contributed by atoms with Crippen molar-refractivity contribution < 1.29 is 14.3 Å². The summed E-state index contributed by atoms with van der Waals surface area (Å²) in [6, 6.07) is 2.86. The third-order valence-corrected chi connectivity index (χ3v) is 2.60. The Morgan fingerprint density at radius 3 is 2.71 bits per heavy atom. The van der Waals surface area contributed by atoms with E-state index in [0.717, 1.165) is 0 Å². The number of rotatable bonds is 2. The fraction of sp³-hybridized carbons (Fsp3) is 0.111. The first-order chi connectivity index (χ1) is 6.60. The number of ether oxygens (including phenoxy) is 1. The Labute approximate surface area is 94.1 Å². The highest BCUT2D eigenvalue weighted by Gasteiger charge is 2.13. The second-order valence-corrected chi connectivity index (χ2v) is 3.72. The van der Waals surface area contributed by atoms with Crippen molar-refractivity contribution in [3.8, 4) is 0 Å². The Hall–Kier alpha value is -0.870. The Balaban J connectivity index is 3.28. The zero-order valence-corrected chi connectivity index (χ0v) is 9.55. The van der Waals surface area contributed by atoms with E-state index in [9.17, 15) is 9.59 Å². The van der Waals surface area contributed by atoms with Crippen molar-refractivity contribution in [1.29, 1.82) is 0 Å². The average Bonchev–Trinajstić information content (AvgIpc) is 2.19. The van der Waals surface area contributed by atoms with Gasteiger partial charge in [0, 0.05) is 10.0 Å². The van der Waals surface area contributed by atoms with Crippen molar-refractivity contribution in [3.63, 3.8) is 0 Å². The second-order valence-electron chi connectivity index (χ2n) is 2.46. The lowest BCUT2D eigenvalue weighted by Crippen LogP contribution is -2.03. The van der Waals surface area contributed by atoms with E-state index in [1.807, 2.05) is 0 Å². The topological polar surface area (TPSA) is 43.4 Å². The van der Waals surface area contributed by atoms with Gasteiger partial charge >= 0.3 is 5.97 Å². The van der Waals surface area contributed by atoms with Crippen LogP contribution in [0.15, 0.2) is 16.6 Å². The normalized spacial score (nSPS) is 9.64. The van der Waals surface area contributed by atoms with E-state index < -0.39 is 5.97 Å². The molecule has 0 radical (unpaired) electrons. The molecule has 74 valence electrons. The quantitative estimate of drug-likeness (QED) is 0.616. The molecule has 0 aliphatic carbocycles. The van der Waals surface area contributed by atoms with Crippen LogP contribution in [0.1, 0.15) is 20.7 Å². The molecule has 0 aromatic heterocycles. The van der Waals surface area contributed by atoms with Crippen LogP contribution in [0.4, 0.5) is 0 Å². The minimum atomic E-state index is -0.503. The summed E-state index contributed by atoms with van der Waals surface area (Å²) >= 11 is 8.89. The van der Waals surface area contributed by atoms with Gasteiger partial charge < -0.3 is 4.74 Å². The first kappa shape index (κ1) is 11.2. The second kappa shape index (κ2) is 4.57. The van der Waals surface area contributed by atoms with Crippen molar-refractivity contribution in [2.24, 2.45) is 0 Å². The van der Waals surface area contributed by atoms with Gasteiger partial charge in [-0.05, 0) is 28.1 Å². The Kier molecular flexibility index (Phi) is 3.66. The van der Waals surface area contributed by atoms with Gasteiger partial charge in [-0.2, -0.15) is 0 Å². The van der Waals surface area contributed by atoms with E-state index >= 15 is 0 Å². The Morgan fingerprint density at radius 2 is 2.21 bits per heavy atom. The minimum Gasteiger partial charge on any atom is -0.465 e. The van der Waals surface area contributed by atoms with Crippen molar-refractivity contribution >= 4 is 39.8 Å². The van der Waals surface area contributed by atoms with Crippen LogP contribution in [0.3, 0.4) is 0 Å². The van der Waals surface area contributed by atoms with Crippen LogP contribution in [-0.2, 0) is 4.74 Å². The molecule has 0 atom stereocenters. The maximum absolute atomic E-state index is 11.2. The van der Waals surface area contributed by atoms with Gasteiger partial charge in [0.1, 0.15) is 0 Å². The maximum Gasteiger partial charge on any atom is 0.339 e. The van der Waals surface area contributed by atoms with Crippen molar-refractivity contribution in [2.45, 2.75) is 0 Å². The molecular formula is C9H6BrClO3. The SMILES string of the molecule is COC(=O)c1cc(Cl)c(C=O)cc1Br. The summed E-state index contributed by atoms with van der Waals surface area (Å²) in [5.41, 5.74) is 0.620. The molecule has 0 fully saturated rings. The molecule has 0 unspecified atom stereocenters. The number of hydrogen-bond acceptors (Lipinski definition) is 3. The van der Waals surface area contributed by atoms with Gasteiger partial charge in [0.2, 0.25) is 0 Å². The fourth-order valence-corrected chi connectivity index (χ4v) is 1.65. The largest absolute Gasteiger partial charge is 0.465 e. The highest BCUT2D eigenvalue weighted by Crippen LogP contribution is 2.25. The number of halogens is 2. The number of aldehydes is 1. The lowest BCUT2D eigenvalue weighted by atomic mass is 10.1. The van der Waals surface area contributed by atoms with E-state index in [1.54, 1.807) is 0 Å². The predicted molar refractivity (Wildman–Crippen MR) is 55.9 cm³/mol. The first-order valence-corrected chi connectivity index (χ1v) is 4.79. The van der Waals surface area contributed by atoms with Gasteiger partial charge in [-0.3, -0.25) is 4.79 Å². The summed E-state index contributed by atoms with van der Waals surface area (Å²) in [6.45, 7) is 0. The third-order valence-electron chi connectivity index (χ3n) is 1.62. The van der Waals surface area contributed by atoms with Crippen molar-refractivity contribution in [1.82, 2.24) is 0 Å². The number of hydrogen-bond donors (Lipinski definition) is 0. The monoisotopic (exact) mass is 276 g/mol. The third kappa shape index (κ3) is 2.13. The minimum absolute atomic E-state index is 0.226. The summed E-state index contributed by atoms with van der Waals surface area (Å²) in [5, 5.41) is 0.226. The van der Waals surface area contributed by atoms with Crippen molar-refractivity contribution in [2.75, 3.05) is 7.11 Å². The van der Waals surface area contributed by atoms with Gasteiger partial charge in [0.05, 0.1) is 17.7 Å². The molecule has 14 heavy (non-hydrogen) atoms. The summed E-state index contributed by atoms with van der Waals surface area (Å²) < 4.78 is 5.01. The lowest BCUT2D eigenvalue weighted by molar-refractivity contribution is 0.0599. The van der Waals surface area contributed by atoms with Crippen LogP contribution in [0.5, 0.6) is 0 Å². The molecule has 0 bridgehead atoms. The molecule has 0 aliphatic heterocycles. The van der Waals surface area contributed by atoms with E-state index in [-0.39, 0.29) is 5.02 Å². The zero-order valence-electron chi connectivity index (χ0n) is 7.21. The maximum atomic E-state index is 11.2. The molecule has 3 nitrogen and oxygen atoms in total. The Bertz CT molecular complexity index is 390. The molecule has 1 aromatic carbocycles. The molecule has 0 aliphatic rings. The summed E-state index contributed by atoms with van der Waals surface area (Å²) in [7, 11) is 1.27. The standard InChI is InChI=1S/C9H6BrClO3/c1-14-9(13)6-3-8(11)5(4-12)2-7(6)10/h2-4H,1H3. The molecule has 0 saturated heterocycles. The highest BCUT2D eigenvalue weighted by molar-refractivity contribution is 9.10. The van der Waals surface area contributed by atoms with Crippen LogP contribution in [0, 0.1) is 0 Å². The Morgan fingerprint density at radius 1 is 1.57 bits per heavy atom. The predicted octanol–water partition coefficient (Wildman–Crippen LogP) is 2.70. The number of carbonyl (C=O) groups excluding carboxylic acids is 2. The molecule has 1 rings (SSSR count). The number of carbonyl (C=O) groups is 2. The molecule has 0 heterocycles. The van der Waals surface area contributed by atoms with Crippen LogP contribution in [0.2, 0.25) is 5.02 Å². The average molecular weight is 278 g/mol. The highest BCUT2D eigenvalue weighted by atomic mass is 79.9. The van der Waals surface area contributed by atoms with Crippen LogP contribution >= 0.6 is 27.5 Å². The van der Waals surface area contributed by atoms with E-state index in [1.165, 1.54) is 19.2 Å². The van der Waals surface area contributed by atoms with Crippen molar-refractivity contribution in [3.05, 3.63) is 32.8 Å². The van der Waals surface area contributed by atoms with Gasteiger partial charge in [0.15, 0.2) is 6.29 Å². The van der Waals surface area contributed by atoms with E-state index in [2.05, 4.69) is 20.7 Å². The van der Waals surface area contributed by atoms with Gasteiger partial charge in [-0.1, -0.05) is 11.6 Å². The molecule has 5 heteroatoms. The van der Waals surface area contributed by atoms with Gasteiger partial charge in [-0.15, -0.1) is 0 Å². The molecule has 1 aromatic rings. The smallest absolute Gasteiger partial charge is 0.339 e. The van der Waals surface area contributed by atoms with Gasteiger partial charge in [-0.25, -0.2) is 4.79 Å². The van der Waals surface area contributed by atoms with Gasteiger partial charge in [0.25, 0.3) is 0 Å². The fourth-order valence-electron chi connectivity index (χ4n) is 0.919. The number of methoxy groups -OCH3 is 1. The molecule has 0 N–H and O–H groups in total. The lowest BCUT2D eigenvalue weighted by Gasteiger charge is -2.04. The van der Waals surface area contributed by atoms with Crippen LogP contribution in [0.25, 0.3) is 0 Å². The van der Waals surface area contributed by atoms with Crippen LogP contribution < -0.4 is 0 Å². The number of esters is 1. The molecule has 0 saturated carbocycles. The van der Waals surface area contributed by atoms with Crippen LogP contribution in [-0.4, -0.2) is 19.4 Å². The summed E-state index contributed by atoms with van der Waals surface area (Å²) in [5.74, 6) is -0.503. The number of benzene rings is 1. The first-order valence-electron chi connectivity index (χ1n) is 3.62.